The maximum absolute atomic E-state index is 12.1. The van der Waals surface area contributed by atoms with Gasteiger partial charge in [-0.1, -0.05) is 30.7 Å². The Morgan fingerprint density at radius 2 is 2.11 bits per heavy atom. The van der Waals surface area contributed by atoms with Crippen LogP contribution < -0.4 is 5.43 Å². The van der Waals surface area contributed by atoms with Crippen molar-refractivity contribution in [1.82, 2.24) is 4.57 Å². The van der Waals surface area contributed by atoms with Gasteiger partial charge in [-0.15, -0.1) is 11.8 Å². The number of hydrogen-bond acceptors (Lipinski definition) is 2. The van der Waals surface area contributed by atoms with Crippen LogP contribution in [0.4, 0.5) is 0 Å². The number of nitrogens with zero attached hydrogens (tertiary/aromatic N) is 1. The molecule has 0 saturated heterocycles. The summed E-state index contributed by atoms with van der Waals surface area (Å²) in [6, 6.07) is 9.50. The molecule has 2 nitrogen and oxygen atoms in total. The number of hydrogen-bond donors (Lipinski definition) is 0. The number of fused-ring (bicyclic) bond motifs is 1. The van der Waals surface area contributed by atoms with Crippen molar-refractivity contribution in [2.24, 2.45) is 7.05 Å². The molecule has 0 spiro atoms. The third kappa shape index (κ3) is 3.10. The van der Waals surface area contributed by atoms with Gasteiger partial charge < -0.3 is 4.57 Å². The van der Waals surface area contributed by atoms with Gasteiger partial charge in [0.25, 0.3) is 0 Å². The normalized spacial score (nSPS) is 12.1. The third-order valence-electron chi connectivity index (χ3n) is 3.12. The second kappa shape index (κ2) is 6.11. The molecule has 1 heterocycles. The Bertz CT molecular complexity index is 670. The van der Waals surface area contributed by atoms with Gasteiger partial charge in [0, 0.05) is 24.3 Å². The highest BCUT2D eigenvalue weighted by atomic mass is 32.2. The lowest BCUT2D eigenvalue weighted by molar-refractivity contribution is 0.840. The van der Waals surface area contributed by atoms with E-state index >= 15 is 0 Å². The lowest BCUT2D eigenvalue weighted by atomic mass is 10.2. The molecule has 1 aromatic carbocycles. The molecule has 0 radical (unpaired) electrons. The van der Waals surface area contributed by atoms with Gasteiger partial charge in [0.05, 0.1) is 10.5 Å². The maximum atomic E-state index is 12.1. The molecule has 0 unspecified atom stereocenters. The summed E-state index contributed by atoms with van der Waals surface area (Å²) in [5.41, 5.74) is 2.45. The first-order valence-corrected chi connectivity index (χ1v) is 7.49. The average molecular weight is 273 g/mol. The van der Waals surface area contributed by atoms with Crippen LogP contribution in [0.5, 0.6) is 0 Å². The van der Waals surface area contributed by atoms with E-state index < -0.39 is 0 Å². The van der Waals surface area contributed by atoms with Gasteiger partial charge in [-0.25, -0.2) is 0 Å². The van der Waals surface area contributed by atoms with E-state index in [-0.39, 0.29) is 5.43 Å². The standard InChI is InChI=1S/C16H19NOS/c1-4-7-12(2)11-19-16-10-15(18)13-8-5-6-9-14(13)17(16)3/h5-10H,4,11H2,1-3H3. The van der Waals surface area contributed by atoms with Crippen LogP contribution in [-0.2, 0) is 7.05 Å². The van der Waals surface area contributed by atoms with Crippen molar-refractivity contribution < 1.29 is 0 Å². The molecular formula is C16H19NOS. The fourth-order valence-electron chi connectivity index (χ4n) is 2.11. The van der Waals surface area contributed by atoms with Crippen molar-refractivity contribution in [3.05, 3.63) is 52.2 Å². The Hall–Kier alpha value is -1.48. The summed E-state index contributed by atoms with van der Waals surface area (Å²) < 4.78 is 2.10. The molecule has 0 atom stereocenters. The summed E-state index contributed by atoms with van der Waals surface area (Å²) in [5.74, 6) is 0.930. The van der Waals surface area contributed by atoms with Crippen LogP contribution >= 0.6 is 11.8 Å². The molecule has 0 bridgehead atoms. The quantitative estimate of drug-likeness (QED) is 0.621. The summed E-state index contributed by atoms with van der Waals surface area (Å²) >= 11 is 1.72. The molecular weight excluding hydrogens is 254 g/mol. The number of pyridine rings is 1. The summed E-state index contributed by atoms with van der Waals surface area (Å²) in [7, 11) is 2.02. The summed E-state index contributed by atoms with van der Waals surface area (Å²) in [4.78, 5) is 12.1. The van der Waals surface area contributed by atoms with E-state index in [4.69, 9.17) is 0 Å². The predicted molar refractivity (Wildman–Crippen MR) is 84.0 cm³/mol. The molecule has 0 aliphatic heterocycles. The molecule has 100 valence electrons. The summed E-state index contributed by atoms with van der Waals surface area (Å²) in [6.07, 6.45) is 3.29. The summed E-state index contributed by atoms with van der Waals surface area (Å²) in [6.45, 7) is 4.27. The first kappa shape index (κ1) is 13.9. The number of thioether (sulfide) groups is 1. The van der Waals surface area contributed by atoms with Crippen molar-refractivity contribution in [2.75, 3.05) is 5.75 Å². The van der Waals surface area contributed by atoms with Gasteiger partial charge >= 0.3 is 0 Å². The van der Waals surface area contributed by atoms with Gasteiger partial charge in [0.1, 0.15) is 0 Å². The molecule has 0 fully saturated rings. The first-order chi connectivity index (χ1) is 9.13. The number of rotatable bonds is 4. The Morgan fingerprint density at radius 3 is 2.84 bits per heavy atom. The Balaban J connectivity index is 2.37. The third-order valence-corrected chi connectivity index (χ3v) is 4.40. The van der Waals surface area contributed by atoms with Crippen molar-refractivity contribution in [1.29, 1.82) is 0 Å². The summed E-state index contributed by atoms with van der Waals surface area (Å²) in [5, 5.41) is 1.81. The highest BCUT2D eigenvalue weighted by molar-refractivity contribution is 7.99. The van der Waals surface area contributed by atoms with Crippen LogP contribution in [0.2, 0.25) is 0 Å². The lowest BCUT2D eigenvalue weighted by Crippen LogP contribution is -2.08. The van der Waals surface area contributed by atoms with Crippen LogP contribution in [0.3, 0.4) is 0 Å². The fraction of sp³-hybridized carbons (Fsp3) is 0.312. The SMILES string of the molecule is CCC=C(C)CSc1cc(=O)c2ccccc2n1C. The molecule has 0 amide bonds. The second-order valence-electron chi connectivity index (χ2n) is 4.67. The largest absolute Gasteiger partial charge is 0.339 e. The van der Waals surface area contributed by atoms with Crippen molar-refractivity contribution in [3.8, 4) is 0 Å². The molecule has 3 heteroatoms. The molecule has 0 N–H and O–H groups in total. The highest BCUT2D eigenvalue weighted by Gasteiger charge is 2.06. The molecule has 2 aromatic rings. The number of allylic oxidation sites excluding steroid dienone is 1. The molecule has 0 saturated carbocycles. The van der Waals surface area contributed by atoms with Crippen LogP contribution in [0.1, 0.15) is 20.3 Å². The molecule has 1 aromatic heterocycles. The van der Waals surface area contributed by atoms with E-state index in [1.165, 1.54) is 5.57 Å². The van der Waals surface area contributed by atoms with Gasteiger partial charge in [0.2, 0.25) is 0 Å². The van der Waals surface area contributed by atoms with Crippen LogP contribution in [-0.4, -0.2) is 10.3 Å². The number of para-hydroxylation sites is 1. The Morgan fingerprint density at radius 1 is 1.37 bits per heavy atom. The van der Waals surface area contributed by atoms with E-state index in [9.17, 15) is 4.79 Å². The van der Waals surface area contributed by atoms with E-state index in [1.54, 1.807) is 17.8 Å². The van der Waals surface area contributed by atoms with Gasteiger partial charge in [-0.2, -0.15) is 0 Å². The number of aromatic nitrogens is 1. The van der Waals surface area contributed by atoms with Crippen LogP contribution in [0.15, 0.2) is 51.8 Å². The maximum Gasteiger partial charge on any atom is 0.190 e. The van der Waals surface area contributed by atoms with E-state index in [1.807, 2.05) is 31.3 Å². The zero-order valence-corrected chi connectivity index (χ0v) is 12.5. The Kier molecular flexibility index (Phi) is 4.48. The lowest BCUT2D eigenvalue weighted by Gasteiger charge is -2.11. The van der Waals surface area contributed by atoms with Crippen LogP contribution in [0, 0.1) is 0 Å². The van der Waals surface area contributed by atoms with Gasteiger partial charge in [0.15, 0.2) is 5.43 Å². The van der Waals surface area contributed by atoms with Crippen LogP contribution in [0.25, 0.3) is 10.9 Å². The monoisotopic (exact) mass is 273 g/mol. The molecule has 2 rings (SSSR count). The van der Waals surface area contributed by atoms with Crippen molar-refractivity contribution >= 4 is 22.7 Å². The van der Waals surface area contributed by atoms with Gasteiger partial charge in [-0.3, -0.25) is 4.79 Å². The van der Waals surface area contributed by atoms with E-state index in [0.717, 1.165) is 28.1 Å². The van der Waals surface area contributed by atoms with E-state index in [2.05, 4.69) is 24.5 Å². The predicted octanol–water partition coefficient (Wildman–Crippen LogP) is 3.99. The highest BCUT2D eigenvalue weighted by Crippen LogP contribution is 2.22. The average Bonchev–Trinajstić information content (AvgIpc) is 2.42. The molecule has 19 heavy (non-hydrogen) atoms. The topological polar surface area (TPSA) is 22.0 Å². The molecule has 0 aliphatic rings. The fourth-order valence-corrected chi connectivity index (χ4v) is 3.09. The minimum Gasteiger partial charge on any atom is -0.339 e. The Labute approximate surface area is 118 Å². The van der Waals surface area contributed by atoms with Crippen molar-refractivity contribution in [3.63, 3.8) is 0 Å². The smallest absolute Gasteiger partial charge is 0.190 e. The number of benzene rings is 1. The van der Waals surface area contributed by atoms with E-state index in [0.29, 0.717) is 0 Å². The zero-order valence-electron chi connectivity index (χ0n) is 11.6. The molecule has 0 aliphatic carbocycles. The first-order valence-electron chi connectivity index (χ1n) is 6.50. The number of aryl methyl sites for hydroxylation is 1. The second-order valence-corrected chi connectivity index (χ2v) is 5.67. The zero-order chi connectivity index (χ0) is 13.8. The van der Waals surface area contributed by atoms with Crippen molar-refractivity contribution in [2.45, 2.75) is 25.3 Å². The minimum absolute atomic E-state index is 0.105. The minimum atomic E-state index is 0.105. The van der Waals surface area contributed by atoms with Gasteiger partial charge in [-0.05, 0) is 25.5 Å².